The number of nitrogens with zero attached hydrogens (tertiary/aromatic N) is 1. The van der Waals surface area contributed by atoms with Gasteiger partial charge in [-0.15, -0.1) is 0 Å². The van der Waals surface area contributed by atoms with E-state index in [1.165, 1.54) is 154 Å². The first-order valence-corrected chi connectivity index (χ1v) is 17.4. The highest BCUT2D eigenvalue weighted by Gasteiger charge is 2.12. The van der Waals surface area contributed by atoms with Crippen molar-refractivity contribution in [2.75, 3.05) is 6.61 Å². The van der Waals surface area contributed by atoms with Gasteiger partial charge in [-0.05, 0) is 18.9 Å². The van der Waals surface area contributed by atoms with Crippen molar-refractivity contribution < 1.29 is 14.1 Å². The standard InChI is InChI=1S/C36H66NO2/c1-3-5-7-9-11-13-15-16-17-18-19-20-21-23-25-27-31-37-32-29-30-35(34-37)36(38)39-33-28-26-24-22-14-12-10-8-6-4-2/h29-30,32,34H,3-28,31,33H2,1-2H3/q+1. The van der Waals surface area contributed by atoms with Crippen molar-refractivity contribution in [2.24, 2.45) is 0 Å². The molecule has 0 aliphatic rings. The van der Waals surface area contributed by atoms with Crippen LogP contribution in [0.15, 0.2) is 24.5 Å². The first kappa shape index (κ1) is 35.6. The highest BCUT2D eigenvalue weighted by atomic mass is 16.5. The second kappa shape index (κ2) is 28.2. The summed E-state index contributed by atoms with van der Waals surface area (Å²) < 4.78 is 7.69. The van der Waals surface area contributed by atoms with E-state index >= 15 is 0 Å². The average molecular weight is 545 g/mol. The summed E-state index contributed by atoms with van der Waals surface area (Å²) in [6.07, 6.45) is 39.2. The maximum absolute atomic E-state index is 12.4. The molecule has 3 nitrogen and oxygen atoms in total. The van der Waals surface area contributed by atoms with Gasteiger partial charge in [-0.2, -0.15) is 0 Å². The molecule has 0 N–H and O–H groups in total. The quantitative estimate of drug-likeness (QED) is 0.0570. The summed E-state index contributed by atoms with van der Waals surface area (Å²) in [5.41, 5.74) is 0.682. The molecular formula is C36H66NO2+. The molecule has 3 heteroatoms. The lowest BCUT2D eigenvalue weighted by atomic mass is 10.0. The van der Waals surface area contributed by atoms with Crippen LogP contribution in [0.3, 0.4) is 0 Å². The zero-order chi connectivity index (χ0) is 28.1. The Bertz CT molecular complexity index is 659. The molecule has 0 spiro atoms. The third-order valence-corrected chi connectivity index (χ3v) is 8.09. The maximum Gasteiger partial charge on any atom is 0.344 e. The number of rotatable bonds is 29. The summed E-state index contributed by atoms with van der Waals surface area (Å²) in [6.45, 7) is 6.09. The van der Waals surface area contributed by atoms with Crippen LogP contribution in [-0.4, -0.2) is 12.6 Å². The summed E-state index contributed by atoms with van der Waals surface area (Å²) in [7, 11) is 0. The Hall–Kier alpha value is -1.38. The van der Waals surface area contributed by atoms with Gasteiger partial charge in [-0.25, -0.2) is 9.36 Å². The largest absolute Gasteiger partial charge is 0.462 e. The summed E-state index contributed by atoms with van der Waals surface area (Å²) >= 11 is 0. The molecular weight excluding hydrogens is 478 g/mol. The number of pyridine rings is 1. The molecule has 0 fully saturated rings. The minimum absolute atomic E-state index is 0.174. The zero-order valence-electron chi connectivity index (χ0n) is 26.4. The predicted octanol–water partition coefficient (Wildman–Crippen LogP) is 11.3. The van der Waals surface area contributed by atoms with Crippen molar-refractivity contribution in [1.29, 1.82) is 0 Å². The van der Waals surface area contributed by atoms with Gasteiger partial charge < -0.3 is 4.74 Å². The molecule has 0 unspecified atom stereocenters. The predicted molar refractivity (Wildman–Crippen MR) is 168 cm³/mol. The van der Waals surface area contributed by atoms with Crippen LogP contribution in [0.2, 0.25) is 0 Å². The second-order valence-electron chi connectivity index (χ2n) is 12.0. The van der Waals surface area contributed by atoms with Crippen molar-refractivity contribution in [3.63, 3.8) is 0 Å². The van der Waals surface area contributed by atoms with E-state index in [2.05, 4.69) is 24.6 Å². The van der Waals surface area contributed by atoms with Crippen LogP contribution in [0.4, 0.5) is 0 Å². The number of hydrogen-bond acceptors (Lipinski definition) is 2. The normalized spacial score (nSPS) is 11.2. The number of ether oxygens (including phenoxy) is 1. The Morgan fingerprint density at radius 2 is 0.949 bits per heavy atom. The third kappa shape index (κ3) is 23.1. The summed E-state index contributed by atoms with van der Waals surface area (Å²) in [6, 6.07) is 3.86. The van der Waals surface area contributed by atoms with Crippen molar-refractivity contribution in [3.8, 4) is 0 Å². The van der Waals surface area contributed by atoms with Crippen LogP contribution in [-0.2, 0) is 11.3 Å². The molecule has 226 valence electrons. The number of unbranched alkanes of at least 4 members (excludes halogenated alkanes) is 24. The summed E-state index contributed by atoms with van der Waals surface area (Å²) in [5.74, 6) is -0.174. The van der Waals surface area contributed by atoms with Crippen molar-refractivity contribution in [3.05, 3.63) is 30.1 Å². The van der Waals surface area contributed by atoms with E-state index in [0.717, 1.165) is 19.4 Å². The number of carbonyl (C=O) groups excluding carboxylic acids is 1. The van der Waals surface area contributed by atoms with E-state index in [9.17, 15) is 4.79 Å². The van der Waals surface area contributed by atoms with Gasteiger partial charge in [0, 0.05) is 12.5 Å². The van der Waals surface area contributed by atoms with Gasteiger partial charge in [-0.1, -0.05) is 162 Å². The minimum atomic E-state index is -0.174. The smallest absolute Gasteiger partial charge is 0.344 e. The van der Waals surface area contributed by atoms with Gasteiger partial charge in [-0.3, -0.25) is 0 Å². The molecule has 1 aromatic heterocycles. The highest BCUT2D eigenvalue weighted by Crippen LogP contribution is 2.14. The van der Waals surface area contributed by atoms with Crippen LogP contribution in [0.1, 0.15) is 191 Å². The van der Waals surface area contributed by atoms with Crippen LogP contribution < -0.4 is 4.57 Å². The van der Waals surface area contributed by atoms with E-state index in [1.807, 2.05) is 18.3 Å². The van der Waals surface area contributed by atoms with Crippen LogP contribution in [0, 0.1) is 0 Å². The molecule has 1 rings (SSSR count). The summed E-state index contributed by atoms with van der Waals surface area (Å²) in [5, 5.41) is 0. The van der Waals surface area contributed by atoms with Crippen LogP contribution >= 0.6 is 0 Å². The maximum atomic E-state index is 12.4. The molecule has 1 heterocycles. The lowest BCUT2D eigenvalue weighted by Crippen LogP contribution is -2.34. The van der Waals surface area contributed by atoms with Crippen molar-refractivity contribution >= 4 is 5.97 Å². The van der Waals surface area contributed by atoms with Gasteiger partial charge in [0.15, 0.2) is 12.4 Å². The Morgan fingerprint density at radius 1 is 0.564 bits per heavy atom. The van der Waals surface area contributed by atoms with Gasteiger partial charge >= 0.3 is 5.97 Å². The fourth-order valence-electron chi connectivity index (χ4n) is 5.46. The lowest BCUT2D eigenvalue weighted by Gasteiger charge is -2.05. The van der Waals surface area contributed by atoms with Gasteiger partial charge in [0.05, 0.1) is 6.61 Å². The molecule has 0 bridgehead atoms. The minimum Gasteiger partial charge on any atom is -0.462 e. The SMILES string of the molecule is CCCCCCCCCCCCCCCCCC[n+]1cccc(C(=O)OCCCCCCCCCCCC)c1. The molecule has 0 atom stereocenters. The van der Waals surface area contributed by atoms with E-state index in [0.29, 0.717) is 12.2 Å². The topological polar surface area (TPSA) is 30.2 Å². The first-order chi connectivity index (χ1) is 19.3. The molecule has 39 heavy (non-hydrogen) atoms. The number of aromatic nitrogens is 1. The monoisotopic (exact) mass is 545 g/mol. The zero-order valence-corrected chi connectivity index (χ0v) is 26.4. The van der Waals surface area contributed by atoms with E-state index in [4.69, 9.17) is 4.74 Å². The second-order valence-corrected chi connectivity index (χ2v) is 12.0. The fraction of sp³-hybridized carbons (Fsp3) is 0.833. The van der Waals surface area contributed by atoms with Crippen molar-refractivity contribution in [1.82, 2.24) is 0 Å². The molecule has 0 radical (unpaired) electrons. The van der Waals surface area contributed by atoms with Gasteiger partial charge in [0.2, 0.25) is 0 Å². The molecule has 0 amide bonds. The Balaban J connectivity index is 1.94. The molecule has 0 saturated carbocycles. The Labute approximate surface area is 243 Å². The Morgan fingerprint density at radius 3 is 1.38 bits per heavy atom. The van der Waals surface area contributed by atoms with E-state index in [-0.39, 0.29) is 5.97 Å². The number of hydrogen-bond donors (Lipinski definition) is 0. The molecule has 0 saturated heterocycles. The third-order valence-electron chi connectivity index (χ3n) is 8.09. The number of esters is 1. The average Bonchev–Trinajstić information content (AvgIpc) is 2.95. The Kier molecular flexibility index (Phi) is 25.7. The van der Waals surface area contributed by atoms with E-state index < -0.39 is 0 Å². The number of carbonyl (C=O) groups is 1. The summed E-state index contributed by atoms with van der Waals surface area (Å²) in [4.78, 5) is 12.4. The first-order valence-electron chi connectivity index (χ1n) is 17.4. The lowest BCUT2D eigenvalue weighted by molar-refractivity contribution is -0.697. The molecule has 1 aromatic rings. The molecule has 0 aliphatic carbocycles. The van der Waals surface area contributed by atoms with Crippen LogP contribution in [0.5, 0.6) is 0 Å². The van der Waals surface area contributed by atoms with Gasteiger partial charge in [0.1, 0.15) is 12.1 Å². The number of aryl methyl sites for hydroxylation is 1. The molecule has 0 aliphatic heterocycles. The van der Waals surface area contributed by atoms with E-state index in [1.54, 1.807) is 0 Å². The van der Waals surface area contributed by atoms with Crippen molar-refractivity contribution in [2.45, 2.75) is 187 Å². The highest BCUT2D eigenvalue weighted by molar-refractivity contribution is 5.88. The van der Waals surface area contributed by atoms with Gasteiger partial charge in [0.25, 0.3) is 0 Å². The molecule has 0 aromatic carbocycles. The fourth-order valence-corrected chi connectivity index (χ4v) is 5.46. The van der Waals surface area contributed by atoms with Crippen LogP contribution in [0.25, 0.3) is 0 Å².